The zero-order valence-corrected chi connectivity index (χ0v) is 9.74. The second-order valence-corrected chi connectivity index (χ2v) is 5.91. The highest BCUT2D eigenvalue weighted by Gasteiger charge is 2.20. The minimum Gasteiger partial charge on any atom is -0.310 e. The topological polar surface area (TPSA) is 12.0 Å². The van der Waals surface area contributed by atoms with Crippen LogP contribution in [0.25, 0.3) is 0 Å². The van der Waals surface area contributed by atoms with Gasteiger partial charge in [0.15, 0.2) is 0 Å². The molecule has 0 unspecified atom stereocenters. The molecular formula is C12H21NS. The Morgan fingerprint density at radius 2 is 1.93 bits per heavy atom. The summed E-state index contributed by atoms with van der Waals surface area (Å²) in [4.78, 5) is 0. The van der Waals surface area contributed by atoms with Gasteiger partial charge in [-0.25, -0.2) is 0 Å². The summed E-state index contributed by atoms with van der Waals surface area (Å²) in [5.74, 6) is 1.17. The molecular weight excluding hydrogens is 190 g/mol. The van der Waals surface area contributed by atoms with E-state index in [1.54, 1.807) is 0 Å². The first-order valence-electron chi connectivity index (χ1n) is 5.86. The van der Waals surface area contributed by atoms with E-state index in [2.05, 4.69) is 23.7 Å². The van der Waals surface area contributed by atoms with E-state index in [4.69, 9.17) is 0 Å². The van der Waals surface area contributed by atoms with Crippen LogP contribution in [0.15, 0.2) is 12.2 Å². The van der Waals surface area contributed by atoms with Crippen molar-refractivity contribution in [2.75, 3.05) is 12.3 Å². The highest BCUT2D eigenvalue weighted by molar-refractivity contribution is 8.00. The molecule has 2 saturated carbocycles. The van der Waals surface area contributed by atoms with Crippen LogP contribution in [0.1, 0.15) is 38.5 Å². The van der Waals surface area contributed by atoms with Gasteiger partial charge >= 0.3 is 0 Å². The Kier molecular flexibility index (Phi) is 3.94. The fraction of sp³-hybridized carbons (Fsp3) is 0.833. The lowest BCUT2D eigenvalue weighted by molar-refractivity contribution is 0.735. The second kappa shape index (κ2) is 5.22. The van der Waals surface area contributed by atoms with Crippen LogP contribution in [0.4, 0.5) is 0 Å². The standard InChI is InChI=1S/C12H21NS/c1-10(8-13-11-6-7-11)9-14-12-4-2-3-5-12/h11-13H,1-9H2. The molecule has 1 nitrogen and oxygen atoms in total. The molecule has 2 aliphatic carbocycles. The van der Waals surface area contributed by atoms with Gasteiger partial charge in [0.2, 0.25) is 0 Å². The van der Waals surface area contributed by atoms with Crippen molar-refractivity contribution in [1.29, 1.82) is 0 Å². The van der Waals surface area contributed by atoms with Gasteiger partial charge in [0.25, 0.3) is 0 Å². The van der Waals surface area contributed by atoms with Gasteiger partial charge in [-0.2, -0.15) is 11.8 Å². The van der Waals surface area contributed by atoms with Crippen LogP contribution in [-0.4, -0.2) is 23.6 Å². The van der Waals surface area contributed by atoms with Crippen molar-refractivity contribution in [1.82, 2.24) is 5.32 Å². The fourth-order valence-corrected chi connectivity index (χ4v) is 3.16. The van der Waals surface area contributed by atoms with Crippen molar-refractivity contribution in [3.8, 4) is 0 Å². The van der Waals surface area contributed by atoms with Gasteiger partial charge in [0.1, 0.15) is 0 Å². The molecule has 0 bridgehead atoms. The van der Waals surface area contributed by atoms with Crippen molar-refractivity contribution in [3.63, 3.8) is 0 Å². The molecule has 0 spiro atoms. The highest BCUT2D eigenvalue weighted by atomic mass is 32.2. The van der Waals surface area contributed by atoms with E-state index < -0.39 is 0 Å². The number of rotatable bonds is 6. The molecule has 0 atom stereocenters. The van der Waals surface area contributed by atoms with Gasteiger partial charge < -0.3 is 5.32 Å². The molecule has 0 radical (unpaired) electrons. The van der Waals surface area contributed by atoms with Gasteiger partial charge in [-0.1, -0.05) is 25.0 Å². The quantitative estimate of drug-likeness (QED) is 0.678. The lowest BCUT2D eigenvalue weighted by Gasteiger charge is -2.10. The van der Waals surface area contributed by atoms with E-state index in [9.17, 15) is 0 Å². The average molecular weight is 211 g/mol. The molecule has 0 amide bonds. The normalized spacial score (nSPS) is 22.9. The Balaban J connectivity index is 1.52. The summed E-state index contributed by atoms with van der Waals surface area (Å²) in [6.45, 7) is 5.18. The summed E-state index contributed by atoms with van der Waals surface area (Å²) in [5.41, 5.74) is 1.38. The summed E-state index contributed by atoms with van der Waals surface area (Å²) in [7, 11) is 0. The molecule has 14 heavy (non-hydrogen) atoms. The number of nitrogens with one attached hydrogen (secondary N) is 1. The Bertz CT molecular complexity index is 192. The summed E-state index contributed by atoms with van der Waals surface area (Å²) in [6.07, 6.45) is 8.53. The predicted octanol–water partition coefficient (Wildman–Crippen LogP) is 2.97. The first kappa shape index (κ1) is 10.6. The Hall–Kier alpha value is 0.0500. The number of thioether (sulfide) groups is 1. The molecule has 80 valence electrons. The van der Waals surface area contributed by atoms with E-state index in [0.717, 1.165) is 17.8 Å². The van der Waals surface area contributed by atoms with Crippen molar-refractivity contribution in [2.24, 2.45) is 0 Å². The lowest BCUT2D eigenvalue weighted by Crippen LogP contribution is -2.19. The molecule has 0 heterocycles. The summed E-state index contributed by atoms with van der Waals surface area (Å²) in [5, 5.41) is 4.46. The SMILES string of the molecule is C=C(CNC1CC1)CSC1CCCC1. The van der Waals surface area contributed by atoms with Crippen LogP contribution in [0, 0.1) is 0 Å². The smallest absolute Gasteiger partial charge is 0.0172 e. The Morgan fingerprint density at radius 3 is 2.57 bits per heavy atom. The molecule has 0 aromatic heterocycles. The molecule has 2 heteroatoms. The fourth-order valence-electron chi connectivity index (χ4n) is 1.92. The molecule has 0 aromatic carbocycles. The first-order valence-corrected chi connectivity index (χ1v) is 6.91. The molecule has 0 aromatic rings. The minimum atomic E-state index is 0.822. The predicted molar refractivity (Wildman–Crippen MR) is 64.9 cm³/mol. The van der Waals surface area contributed by atoms with Crippen LogP contribution in [0.5, 0.6) is 0 Å². The van der Waals surface area contributed by atoms with E-state index in [-0.39, 0.29) is 0 Å². The summed E-state index contributed by atoms with van der Waals surface area (Å²) < 4.78 is 0. The first-order chi connectivity index (χ1) is 6.84. The second-order valence-electron chi connectivity index (χ2n) is 4.62. The number of hydrogen-bond acceptors (Lipinski definition) is 2. The third kappa shape index (κ3) is 3.66. The third-order valence-corrected chi connectivity index (χ3v) is 4.56. The van der Waals surface area contributed by atoms with Crippen LogP contribution in [0.3, 0.4) is 0 Å². The van der Waals surface area contributed by atoms with Crippen LogP contribution in [-0.2, 0) is 0 Å². The average Bonchev–Trinajstić information content (AvgIpc) is 2.87. The molecule has 1 N–H and O–H groups in total. The van der Waals surface area contributed by atoms with Crippen molar-refractivity contribution in [2.45, 2.75) is 49.8 Å². The van der Waals surface area contributed by atoms with E-state index in [0.29, 0.717) is 0 Å². The maximum atomic E-state index is 4.13. The molecule has 2 aliphatic rings. The Labute approximate surface area is 91.7 Å². The van der Waals surface area contributed by atoms with Crippen molar-refractivity contribution in [3.05, 3.63) is 12.2 Å². The van der Waals surface area contributed by atoms with E-state index in [1.807, 2.05) is 0 Å². The molecule has 2 rings (SSSR count). The van der Waals surface area contributed by atoms with Gasteiger partial charge in [-0.3, -0.25) is 0 Å². The van der Waals surface area contributed by atoms with Crippen LogP contribution in [0.2, 0.25) is 0 Å². The van der Waals surface area contributed by atoms with Gasteiger partial charge in [-0.05, 0) is 25.7 Å². The minimum absolute atomic E-state index is 0.822. The lowest BCUT2D eigenvalue weighted by atomic mass is 10.3. The van der Waals surface area contributed by atoms with Gasteiger partial charge in [-0.15, -0.1) is 0 Å². The zero-order chi connectivity index (χ0) is 9.80. The highest BCUT2D eigenvalue weighted by Crippen LogP contribution is 2.30. The van der Waals surface area contributed by atoms with Gasteiger partial charge in [0.05, 0.1) is 0 Å². The van der Waals surface area contributed by atoms with E-state index in [1.165, 1.54) is 49.9 Å². The molecule has 2 fully saturated rings. The van der Waals surface area contributed by atoms with Crippen LogP contribution >= 0.6 is 11.8 Å². The van der Waals surface area contributed by atoms with E-state index >= 15 is 0 Å². The van der Waals surface area contributed by atoms with Crippen molar-refractivity contribution < 1.29 is 0 Å². The van der Waals surface area contributed by atoms with Crippen LogP contribution < -0.4 is 5.32 Å². The summed E-state index contributed by atoms with van der Waals surface area (Å²) >= 11 is 2.12. The largest absolute Gasteiger partial charge is 0.310 e. The van der Waals surface area contributed by atoms with Gasteiger partial charge in [0, 0.05) is 23.6 Å². The number of hydrogen-bond donors (Lipinski definition) is 1. The maximum absolute atomic E-state index is 4.13. The third-order valence-electron chi connectivity index (χ3n) is 3.04. The maximum Gasteiger partial charge on any atom is 0.0172 e. The molecule has 0 aliphatic heterocycles. The monoisotopic (exact) mass is 211 g/mol. The molecule has 0 saturated heterocycles. The Morgan fingerprint density at radius 1 is 1.21 bits per heavy atom. The zero-order valence-electron chi connectivity index (χ0n) is 8.93. The van der Waals surface area contributed by atoms with Crippen molar-refractivity contribution >= 4 is 11.8 Å². The summed E-state index contributed by atoms with van der Waals surface area (Å²) in [6, 6.07) is 0.822.